The van der Waals surface area contributed by atoms with Crippen LogP contribution in [0.5, 0.6) is 0 Å². The summed E-state index contributed by atoms with van der Waals surface area (Å²) in [7, 11) is 1.91. The molecule has 0 N–H and O–H groups in total. The van der Waals surface area contributed by atoms with Crippen molar-refractivity contribution in [2.24, 2.45) is 7.05 Å². The molecule has 4 nitrogen and oxygen atoms in total. The highest BCUT2D eigenvalue weighted by Gasteiger charge is 2.20. The third-order valence-electron chi connectivity index (χ3n) is 5.48. The second-order valence-electron chi connectivity index (χ2n) is 7.58. The van der Waals surface area contributed by atoms with Crippen LogP contribution >= 0.6 is 0 Å². The largest absolute Gasteiger partial charge is 0.273 e. The van der Waals surface area contributed by atoms with Crippen molar-refractivity contribution in [1.82, 2.24) is 19.7 Å². The van der Waals surface area contributed by atoms with Gasteiger partial charge in [0.15, 0.2) is 5.65 Å². The number of pyridine rings is 2. The Balaban J connectivity index is 1.76. The number of rotatable bonds is 5. The standard InChI is InChI=1S/C26H21FN4/c1-31-17-23-22(12-7-18-5-3-2-4-6-18)24(19-13-15-28-16-14-19)25(29-26(23)30-31)20-8-10-21(27)11-9-20/h2-6,8-11,13-17H,7,12H2,1H3. The third-order valence-corrected chi connectivity index (χ3v) is 5.48. The van der Waals surface area contributed by atoms with Gasteiger partial charge in [-0.1, -0.05) is 30.3 Å². The molecular formula is C26H21FN4. The number of aryl methyl sites for hydroxylation is 3. The zero-order valence-corrected chi connectivity index (χ0v) is 17.2. The molecule has 0 unspecified atom stereocenters. The van der Waals surface area contributed by atoms with Crippen molar-refractivity contribution >= 4 is 11.0 Å². The van der Waals surface area contributed by atoms with Crippen LogP contribution in [0.1, 0.15) is 11.1 Å². The molecule has 3 heterocycles. The van der Waals surface area contributed by atoms with Gasteiger partial charge in [-0.3, -0.25) is 9.67 Å². The molecule has 5 rings (SSSR count). The molecule has 152 valence electrons. The molecule has 0 spiro atoms. The minimum absolute atomic E-state index is 0.266. The van der Waals surface area contributed by atoms with Crippen molar-refractivity contribution in [2.75, 3.05) is 0 Å². The molecule has 0 amide bonds. The maximum Gasteiger partial charge on any atom is 0.181 e. The second-order valence-corrected chi connectivity index (χ2v) is 7.58. The molecule has 0 atom stereocenters. The number of nitrogens with zero attached hydrogens (tertiary/aromatic N) is 4. The van der Waals surface area contributed by atoms with Gasteiger partial charge in [-0.2, -0.15) is 5.10 Å². The van der Waals surface area contributed by atoms with E-state index < -0.39 is 0 Å². The molecule has 0 fully saturated rings. The van der Waals surface area contributed by atoms with Crippen LogP contribution in [0, 0.1) is 5.82 Å². The Morgan fingerprint density at radius 1 is 0.839 bits per heavy atom. The van der Waals surface area contributed by atoms with Gasteiger partial charge in [-0.25, -0.2) is 9.37 Å². The fraction of sp³-hybridized carbons (Fsp3) is 0.115. The second kappa shape index (κ2) is 8.11. The van der Waals surface area contributed by atoms with E-state index in [0.29, 0.717) is 5.65 Å². The number of hydrogen-bond acceptors (Lipinski definition) is 3. The van der Waals surface area contributed by atoms with E-state index in [2.05, 4.69) is 34.3 Å². The minimum atomic E-state index is -0.266. The van der Waals surface area contributed by atoms with E-state index in [0.717, 1.165) is 40.6 Å². The van der Waals surface area contributed by atoms with E-state index >= 15 is 0 Å². The van der Waals surface area contributed by atoms with E-state index in [9.17, 15) is 4.39 Å². The Kier molecular flexibility index (Phi) is 5.00. The fourth-order valence-electron chi connectivity index (χ4n) is 4.03. The van der Waals surface area contributed by atoms with Gasteiger partial charge in [0.05, 0.1) is 5.69 Å². The van der Waals surface area contributed by atoms with Crippen LogP contribution in [-0.2, 0) is 19.9 Å². The van der Waals surface area contributed by atoms with Crippen molar-refractivity contribution in [2.45, 2.75) is 12.8 Å². The molecule has 0 bridgehead atoms. The Labute approximate surface area is 180 Å². The highest BCUT2D eigenvalue weighted by molar-refractivity contribution is 5.94. The third kappa shape index (κ3) is 3.82. The van der Waals surface area contributed by atoms with Gasteiger partial charge in [-0.15, -0.1) is 0 Å². The molecule has 0 aliphatic carbocycles. The van der Waals surface area contributed by atoms with Gasteiger partial charge in [0.1, 0.15) is 5.82 Å². The summed E-state index contributed by atoms with van der Waals surface area (Å²) in [6.45, 7) is 0. The molecule has 0 radical (unpaired) electrons. The Hall–Kier alpha value is -3.86. The summed E-state index contributed by atoms with van der Waals surface area (Å²) in [6, 6.07) is 20.9. The number of hydrogen-bond donors (Lipinski definition) is 0. The Bertz CT molecular complexity index is 1330. The first-order valence-electron chi connectivity index (χ1n) is 10.3. The van der Waals surface area contributed by atoms with Gasteiger partial charge in [0.2, 0.25) is 0 Å². The topological polar surface area (TPSA) is 43.6 Å². The molecule has 5 heteroatoms. The summed E-state index contributed by atoms with van der Waals surface area (Å²) < 4.78 is 15.4. The number of halogens is 1. The van der Waals surface area contributed by atoms with Crippen LogP contribution in [0.3, 0.4) is 0 Å². The van der Waals surface area contributed by atoms with Crippen LogP contribution in [0.2, 0.25) is 0 Å². The van der Waals surface area contributed by atoms with Gasteiger partial charge in [0, 0.05) is 42.2 Å². The van der Waals surface area contributed by atoms with Crippen molar-refractivity contribution < 1.29 is 4.39 Å². The molecule has 5 aromatic rings. The van der Waals surface area contributed by atoms with Gasteiger partial charge in [-0.05, 0) is 65.9 Å². The maximum absolute atomic E-state index is 13.6. The monoisotopic (exact) mass is 408 g/mol. The first-order chi connectivity index (χ1) is 15.2. The molecule has 2 aromatic carbocycles. The van der Waals surface area contributed by atoms with E-state index in [4.69, 9.17) is 4.98 Å². The lowest BCUT2D eigenvalue weighted by molar-refractivity contribution is 0.628. The van der Waals surface area contributed by atoms with Crippen LogP contribution in [0.4, 0.5) is 4.39 Å². The van der Waals surface area contributed by atoms with Gasteiger partial charge < -0.3 is 0 Å². The Morgan fingerprint density at radius 2 is 1.58 bits per heavy atom. The molecular weight excluding hydrogens is 387 g/mol. The predicted molar refractivity (Wildman–Crippen MR) is 121 cm³/mol. The molecule has 0 aliphatic rings. The Morgan fingerprint density at radius 3 is 2.32 bits per heavy atom. The number of benzene rings is 2. The van der Waals surface area contributed by atoms with Crippen molar-refractivity contribution in [3.8, 4) is 22.4 Å². The van der Waals surface area contributed by atoms with Crippen LogP contribution in [0.15, 0.2) is 85.3 Å². The average molecular weight is 408 g/mol. The molecule has 3 aromatic heterocycles. The lowest BCUT2D eigenvalue weighted by atomic mass is 9.90. The fourth-order valence-corrected chi connectivity index (χ4v) is 4.03. The summed E-state index contributed by atoms with van der Waals surface area (Å²) in [6.07, 6.45) is 7.34. The molecule has 0 saturated carbocycles. The summed E-state index contributed by atoms with van der Waals surface area (Å²) >= 11 is 0. The first-order valence-corrected chi connectivity index (χ1v) is 10.3. The lowest BCUT2D eigenvalue weighted by Crippen LogP contribution is -2.01. The maximum atomic E-state index is 13.6. The van der Waals surface area contributed by atoms with Crippen molar-refractivity contribution in [3.05, 3.63) is 102 Å². The van der Waals surface area contributed by atoms with Crippen LogP contribution < -0.4 is 0 Å². The highest BCUT2D eigenvalue weighted by atomic mass is 19.1. The first kappa shape index (κ1) is 19.1. The smallest absolute Gasteiger partial charge is 0.181 e. The number of aromatic nitrogens is 4. The zero-order valence-electron chi connectivity index (χ0n) is 17.2. The van der Waals surface area contributed by atoms with Crippen molar-refractivity contribution in [3.63, 3.8) is 0 Å². The zero-order chi connectivity index (χ0) is 21.2. The quantitative estimate of drug-likeness (QED) is 0.379. The van der Waals surface area contributed by atoms with Crippen LogP contribution in [0.25, 0.3) is 33.4 Å². The van der Waals surface area contributed by atoms with Gasteiger partial charge >= 0.3 is 0 Å². The van der Waals surface area contributed by atoms with Gasteiger partial charge in [0.25, 0.3) is 0 Å². The molecule has 0 saturated heterocycles. The normalized spacial score (nSPS) is 11.2. The average Bonchev–Trinajstić information content (AvgIpc) is 3.18. The van der Waals surface area contributed by atoms with E-state index in [1.54, 1.807) is 29.2 Å². The summed E-state index contributed by atoms with van der Waals surface area (Å²) in [5.41, 5.74) is 6.92. The van der Waals surface area contributed by atoms with E-state index in [1.807, 2.05) is 31.4 Å². The van der Waals surface area contributed by atoms with Crippen LogP contribution in [-0.4, -0.2) is 19.7 Å². The highest BCUT2D eigenvalue weighted by Crippen LogP contribution is 2.38. The number of fused-ring (bicyclic) bond motifs is 1. The summed E-state index contributed by atoms with van der Waals surface area (Å²) in [4.78, 5) is 9.10. The van der Waals surface area contributed by atoms with E-state index in [1.165, 1.54) is 23.3 Å². The summed E-state index contributed by atoms with van der Waals surface area (Å²) in [5.74, 6) is -0.266. The molecule has 0 aliphatic heterocycles. The minimum Gasteiger partial charge on any atom is -0.273 e. The predicted octanol–water partition coefficient (Wildman–Crippen LogP) is 5.62. The lowest BCUT2D eigenvalue weighted by Gasteiger charge is -2.16. The van der Waals surface area contributed by atoms with Crippen molar-refractivity contribution in [1.29, 1.82) is 0 Å². The molecule has 31 heavy (non-hydrogen) atoms. The van der Waals surface area contributed by atoms with E-state index in [-0.39, 0.29) is 5.82 Å². The SMILES string of the molecule is Cn1cc2c(CCc3ccccc3)c(-c3ccncc3)c(-c3ccc(F)cc3)nc2n1. The summed E-state index contributed by atoms with van der Waals surface area (Å²) in [5, 5.41) is 5.62.